The Morgan fingerprint density at radius 2 is 0.846 bits per heavy atom. The van der Waals surface area contributed by atoms with Gasteiger partial charge in [0.1, 0.15) is 0 Å². The first kappa shape index (κ1) is 49.3. The molecule has 1 amide bonds. The highest BCUT2D eigenvalue weighted by Crippen LogP contribution is 2.14. The largest absolute Gasteiger partial charge is 0.394 e. The minimum atomic E-state index is -0.869. The third-order valence-electron chi connectivity index (χ3n) is 9.07. The summed E-state index contributed by atoms with van der Waals surface area (Å²) < 4.78 is 0. The molecule has 0 aliphatic heterocycles. The lowest BCUT2D eigenvalue weighted by Gasteiger charge is -2.19. The summed E-state index contributed by atoms with van der Waals surface area (Å²) >= 11 is 0. The number of amides is 1. The van der Waals surface area contributed by atoms with E-state index in [0.717, 1.165) is 70.6 Å². The second kappa shape index (κ2) is 42.7. The van der Waals surface area contributed by atoms with E-state index in [1.807, 2.05) is 6.08 Å². The molecule has 0 heterocycles. The average molecular weight is 720 g/mol. The summed E-state index contributed by atoms with van der Waals surface area (Å²) in [4.78, 5) is 12.4. The fraction of sp³-hybridized carbons (Fsp3) is 0.646. The van der Waals surface area contributed by atoms with Crippen molar-refractivity contribution in [1.82, 2.24) is 5.32 Å². The normalized spacial score (nSPS) is 14.0. The number of rotatable bonds is 37. The lowest BCUT2D eigenvalue weighted by atomic mass is 10.0. The molecular weight excluding hydrogens is 639 g/mol. The molecule has 0 saturated carbocycles. The number of unbranched alkanes of at least 4 members (excludes halogenated alkanes) is 16. The summed E-state index contributed by atoms with van der Waals surface area (Å²) in [5.41, 5.74) is 0. The first-order valence-electron chi connectivity index (χ1n) is 21.5. The first-order valence-corrected chi connectivity index (χ1v) is 21.5. The van der Waals surface area contributed by atoms with Crippen LogP contribution >= 0.6 is 0 Å². The highest BCUT2D eigenvalue weighted by Gasteiger charge is 2.17. The Balaban J connectivity index is 3.76. The molecule has 0 aliphatic carbocycles. The number of carbonyl (C=O) groups is 1. The third-order valence-corrected chi connectivity index (χ3v) is 9.07. The SMILES string of the molecule is CC/C=C\C/C=C\C/C=C\C/C=C\C/C=C\C/C=C\C/C=C\CCCC(=O)NC(CO)C(O)/C=C/CCCCCCCCCCCCCCCCC. The molecule has 2 unspecified atom stereocenters. The monoisotopic (exact) mass is 720 g/mol. The van der Waals surface area contributed by atoms with Crippen molar-refractivity contribution in [1.29, 1.82) is 0 Å². The molecule has 0 rings (SSSR count). The molecule has 0 saturated heterocycles. The number of nitrogens with one attached hydrogen (secondary N) is 1. The Morgan fingerprint density at radius 1 is 0.481 bits per heavy atom. The Morgan fingerprint density at radius 3 is 1.25 bits per heavy atom. The molecule has 0 aliphatic rings. The van der Waals surface area contributed by atoms with Crippen LogP contribution in [0, 0.1) is 0 Å². The van der Waals surface area contributed by atoms with Gasteiger partial charge in [0.2, 0.25) is 5.91 Å². The van der Waals surface area contributed by atoms with Crippen molar-refractivity contribution >= 4 is 5.91 Å². The summed E-state index contributed by atoms with van der Waals surface area (Å²) in [5.74, 6) is -0.126. The highest BCUT2D eigenvalue weighted by molar-refractivity contribution is 5.76. The predicted octanol–water partition coefficient (Wildman–Crippen LogP) is 13.5. The molecule has 296 valence electrons. The van der Waals surface area contributed by atoms with Crippen molar-refractivity contribution in [3.8, 4) is 0 Å². The molecule has 0 bridgehead atoms. The second-order valence-electron chi connectivity index (χ2n) is 14.0. The minimum Gasteiger partial charge on any atom is -0.394 e. The van der Waals surface area contributed by atoms with Crippen LogP contribution in [0.4, 0.5) is 0 Å². The molecule has 2 atom stereocenters. The number of hydrogen-bond donors (Lipinski definition) is 3. The van der Waals surface area contributed by atoms with Gasteiger partial charge in [-0.15, -0.1) is 0 Å². The summed E-state index contributed by atoms with van der Waals surface area (Å²) in [6.07, 6.45) is 63.7. The predicted molar refractivity (Wildman–Crippen MR) is 230 cm³/mol. The molecule has 4 nitrogen and oxygen atoms in total. The van der Waals surface area contributed by atoms with Crippen LogP contribution in [0.3, 0.4) is 0 Å². The molecule has 0 aromatic rings. The van der Waals surface area contributed by atoms with Gasteiger partial charge in [0.05, 0.1) is 18.8 Å². The molecule has 52 heavy (non-hydrogen) atoms. The van der Waals surface area contributed by atoms with Gasteiger partial charge in [-0.1, -0.05) is 201 Å². The molecule has 3 N–H and O–H groups in total. The van der Waals surface area contributed by atoms with Crippen molar-refractivity contribution in [2.75, 3.05) is 6.61 Å². The van der Waals surface area contributed by atoms with Gasteiger partial charge in [0.15, 0.2) is 0 Å². The minimum absolute atomic E-state index is 0.126. The molecular formula is C48H81NO3. The van der Waals surface area contributed by atoms with Gasteiger partial charge >= 0.3 is 0 Å². The topological polar surface area (TPSA) is 69.6 Å². The quantitative estimate of drug-likeness (QED) is 0.0442. The van der Waals surface area contributed by atoms with Gasteiger partial charge in [-0.3, -0.25) is 4.79 Å². The van der Waals surface area contributed by atoms with Crippen LogP contribution in [-0.4, -0.2) is 34.9 Å². The standard InChI is InChI=1S/C48H81NO3/c1-3-5-7-9-11-13-15-17-19-21-22-23-24-25-26-28-30-32-34-36-38-40-42-44-48(52)49-46(45-50)47(51)43-41-39-37-35-33-31-29-27-20-18-16-14-12-10-8-6-4-2/h5,7,11,13,17,19,22-23,25-26,30,32,36,38,41,43,46-47,50-51H,3-4,6,8-10,12,14-16,18,20-21,24,27-29,31,33-35,37,39-40,42,44-45H2,1-2H3,(H,49,52)/b7-5-,13-11-,19-17-,23-22-,26-25-,32-30-,38-36-,43-41+. The van der Waals surface area contributed by atoms with Gasteiger partial charge in [-0.25, -0.2) is 0 Å². The van der Waals surface area contributed by atoms with Crippen molar-refractivity contribution in [2.45, 2.75) is 193 Å². The maximum atomic E-state index is 12.4. The van der Waals surface area contributed by atoms with Crippen molar-refractivity contribution in [2.24, 2.45) is 0 Å². The van der Waals surface area contributed by atoms with E-state index in [-0.39, 0.29) is 12.5 Å². The summed E-state index contributed by atoms with van der Waals surface area (Å²) in [6.45, 7) is 4.16. The van der Waals surface area contributed by atoms with E-state index >= 15 is 0 Å². The van der Waals surface area contributed by atoms with Gasteiger partial charge < -0.3 is 15.5 Å². The second-order valence-corrected chi connectivity index (χ2v) is 14.0. The zero-order chi connectivity index (χ0) is 37.8. The van der Waals surface area contributed by atoms with Crippen LogP contribution < -0.4 is 5.32 Å². The van der Waals surface area contributed by atoms with Gasteiger partial charge in [0, 0.05) is 6.42 Å². The van der Waals surface area contributed by atoms with E-state index in [9.17, 15) is 15.0 Å². The van der Waals surface area contributed by atoms with E-state index in [0.29, 0.717) is 6.42 Å². The maximum Gasteiger partial charge on any atom is 0.220 e. The van der Waals surface area contributed by atoms with Gasteiger partial charge in [0.25, 0.3) is 0 Å². The van der Waals surface area contributed by atoms with Crippen molar-refractivity contribution in [3.63, 3.8) is 0 Å². The smallest absolute Gasteiger partial charge is 0.220 e. The maximum absolute atomic E-state index is 12.4. The van der Waals surface area contributed by atoms with Gasteiger partial charge in [-0.05, 0) is 70.6 Å². The highest BCUT2D eigenvalue weighted by atomic mass is 16.3. The molecule has 0 aromatic carbocycles. The lowest BCUT2D eigenvalue weighted by Crippen LogP contribution is -2.45. The molecule has 0 aromatic heterocycles. The number of carbonyl (C=O) groups excluding carboxylic acids is 1. The number of hydrogen-bond acceptors (Lipinski definition) is 3. The van der Waals surface area contributed by atoms with E-state index in [4.69, 9.17) is 0 Å². The summed E-state index contributed by atoms with van der Waals surface area (Å²) in [6, 6.07) is -0.659. The average Bonchev–Trinajstić information content (AvgIpc) is 3.15. The Kier molecular flexibility index (Phi) is 40.5. The van der Waals surface area contributed by atoms with Crippen LogP contribution in [0.2, 0.25) is 0 Å². The van der Waals surface area contributed by atoms with E-state index in [1.54, 1.807) is 6.08 Å². The third kappa shape index (κ3) is 38.5. The first-order chi connectivity index (χ1) is 25.7. The van der Waals surface area contributed by atoms with Crippen molar-refractivity contribution in [3.05, 3.63) is 97.2 Å². The zero-order valence-corrected chi connectivity index (χ0v) is 33.8. The Hall–Kier alpha value is -2.69. The number of aliphatic hydroxyl groups excluding tert-OH is 2. The van der Waals surface area contributed by atoms with Gasteiger partial charge in [-0.2, -0.15) is 0 Å². The van der Waals surface area contributed by atoms with Crippen LogP contribution in [0.5, 0.6) is 0 Å². The molecule has 0 fully saturated rings. The lowest BCUT2D eigenvalue weighted by molar-refractivity contribution is -0.122. The van der Waals surface area contributed by atoms with Crippen LogP contribution in [0.15, 0.2) is 97.2 Å². The zero-order valence-electron chi connectivity index (χ0n) is 33.8. The molecule has 0 spiro atoms. The Bertz CT molecular complexity index is 999. The summed E-state index contributed by atoms with van der Waals surface area (Å²) in [5, 5.41) is 23.0. The van der Waals surface area contributed by atoms with Crippen LogP contribution in [0.1, 0.15) is 181 Å². The number of allylic oxidation sites excluding steroid dienone is 15. The fourth-order valence-electron chi connectivity index (χ4n) is 5.81. The molecule has 4 heteroatoms. The summed E-state index contributed by atoms with van der Waals surface area (Å²) in [7, 11) is 0. The van der Waals surface area contributed by atoms with Crippen molar-refractivity contribution < 1.29 is 15.0 Å². The van der Waals surface area contributed by atoms with Crippen LogP contribution in [0.25, 0.3) is 0 Å². The van der Waals surface area contributed by atoms with Crippen LogP contribution in [-0.2, 0) is 4.79 Å². The molecule has 0 radical (unpaired) electrons. The fourth-order valence-corrected chi connectivity index (χ4v) is 5.81. The Labute approximate surface area is 322 Å². The van der Waals surface area contributed by atoms with E-state index in [1.165, 1.54) is 89.9 Å². The number of aliphatic hydroxyl groups is 2. The van der Waals surface area contributed by atoms with E-state index < -0.39 is 12.1 Å². The van der Waals surface area contributed by atoms with E-state index in [2.05, 4.69) is 104 Å².